The van der Waals surface area contributed by atoms with Gasteiger partial charge in [-0.2, -0.15) is 0 Å². The van der Waals surface area contributed by atoms with Crippen LogP contribution in [0, 0.1) is 0 Å². The molecule has 0 spiro atoms. The molecule has 0 saturated carbocycles. The summed E-state index contributed by atoms with van der Waals surface area (Å²) in [5.74, 6) is 0.433. The van der Waals surface area contributed by atoms with Crippen LogP contribution in [0.15, 0.2) is 16.7 Å². The average molecular weight is 359 g/mol. The molecule has 0 aliphatic rings. The Labute approximate surface area is 134 Å². The van der Waals surface area contributed by atoms with Gasteiger partial charge in [0.05, 0.1) is 18.8 Å². The molecule has 0 saturated heterocycles. The van der Waals surface area contributed by atoms with Crippen LogP contribution >= 0.6 is 15.9 Å². The maximum atomic E-state index is 12.2. The van der Waals surface area contributed by atoms with Crippen LogP contribution in [0.3, 0.4) is 0 Å². The Morgan fingerprint density at radius 2 is 2.19 bits per heavy atom. The molecule has 0 bridgehead atoms. The van der Waals surface area contributed by atoms with Crippen molar-refractivity contribution in [1.82, 2.24) is 15.2 Å². The molecule has 1 rings (SSSR count). The first-order valence-electron chi connectivity index (χ1n) is 6.94. The van der Waals surface area contributed by atoms with E-state index < -0.39 is 0 Å². The van der Waals surface area contributed by atoms with E-state index in [0.717, 1.165) is 11.0 Å². The molecule has 0 unspecified atom stereocenters. The number of amides is 1. The summed E-state index contributed by atoms with van der Waals surface area (Å²) in [5.41, 5.74) is 0.527. The first kappa shape index (κ1) is 17.9. The van der Waals surface area contributed by atoms with Crippen molar-refractivity contribution in [3.05, 3.63) is 22.3 Å². The van der Waals surface area contributed by atoms with E-state index in [1.54, 1.807) is 12.3 Å². The predicted molar refractivity (Wildman–Crippen MR) is 87.8 cm³/mol. The molecule has 0 fully saturated rings. The van der Waals surface area contributed by atoms with E-state index >= 15 is 0 Å². The van der Waals surface area contributed by atoms with Crippen LogP contribution in [0.4, 0.5) is 5.82 Å². The third kappa shape index (κ3) is 6.88. The van der Waals surface area contributed by atoms with E-state index in [1.165, 1.54) is 0 Å². The second-order valence-corrected chi connectivity index (χ2v) is 5.67. The summed E-state index contributed by atoms with van der Waals surface area (Å²) in [5, 5.41) is 5.91. The van der Waals surface area contributed by atoms with Gasteiger partial charge in [0.25, 0.3) is 5.91 Å². The summed E-state index contributed by atoms with van der Waals surface area (Å²) >= 11 is 3.33. The van der Waals surface area contributed by atoms with Crippen molar-refractivity contribution in [3.63, 3.8) is 0 Å². The largest absolute Gasteiger partial charge is 0.378 e. The Bertz CT molecular complexity index is 455. The highest BCUT2D eigenvalue weighted by Gasteiger charge is 2.12. The molecule has 1 heterocycles. The fourth-order valence-electron chi connectivity index (χ4n) is 1.60. The fourth-order valence-corrected chi connectivity index (χ4v) is 1.93. The lowest BCUT2D eigenvalue weighted by atomic mass is 10.2. The molecule has 0 aliphatic heterocycles. The molecule has 118 valence electrons. The Morgan fingerprint density at radius 3 is 2.86 bits per heavy atom. The van der Waals surface area contributed by atoms with Crippen LogP contribution in [0.5, 0.6) is 0 Å². The standard InChI is InChI=1S/C14H23BrN4O2/c1-4-16-13-12(9-11(15)10-18-13)14(20)17-5-7-21-8-6-19(2)3/h9-10H,4-8H2,1-3H3,(H,16,18)(H,17,20). The summed E-state index contributed by atoms with van der Waals surface area (Å²) in [6.45, 7) is 5.17. The first-order valence-corrected chi connectivity index (χ1v) is 7.74. The van der Waals surface area contributed by atoms with Gasteiger partial charge in [-0.25, -0.2) is 4.98 Å². The molecular weight excluding hydrogens is 336 g/mol. The van der Waals surface area contributed by atoms with Crippen molar-refractivity contribution >= 4 is 27.7 Å². The predicted octanol–water partition coefficient (Wildman–Crippen LogP) is 1.58. The van der Waals surface area contributed by atoms with Gasteiger partial charge in [0.15, 0.2) is 0 Å². The topological polar surface area (TPSA) is 66.5 Å². The molecule has 1 amide bonds. The second-order valence-electron chi connectivity index (χ2n) is 4.75. The van der Waals surface area contributed by atoms with E-state index in [1.807, 2.05) is 21.0 Å². The Balaban J connectivity index is 2.42. The third-order valence-corrected chi connectivity index (χ3v) is 3.09. The van der Waals surface area contributed by atoms with Crippen LogP contribution in [0.1, 0.15) is 17.3 Å². The average Bonchev–Trinajstić information content (AvgIpc) is 2.44. The van der Waals surface area contributed by atoms with Gasteiger partial charge in [-0.3, -0.25) is 4.79 Å². The number of hydrogen-bond donors (Lipinski definition) is 2. The number of carbonyl (C=O) groups excluding carboxylic acids is 1. The number of halogens is 1. The van der Waals surface area contributed by atoms with Gasteiger partial charge in [0.1, 0.15) is 5.82 Å². The van der Waals surface area contributed by atoms with Crippen molar-refractivity contribution in [2.24, 2.45) is 0 Å². The zero-order valence-corrected chi connectivity index (χ0v) is 14.4. The smallest absolute Gasteiger partial charge is 0.255 e. The highest BCUT2D eigenvalue weighted by Crippen LogP contribution is 2.17. The summed E-state index contributed by atoms with van der Waals surface area (Å²) in [7, 11) is 3.99. The van der Waals surface area contributed by atoms with Crippen molar-refractivity contribution in [2.75, 3.05) is 52.3 Å². The van der Waals surface area contributed by atoms with Crippen LogP contribution in [-0.2, 0) is 4.74 Å². The minimum atomic E-state index is -0.157. The van der Waals surface area contributed by atoms with E-state index in [2.05, 4.69) is 36.4 Å². The van der Waals surface area contributed by atoms with Gasteiger partial charge in [0, 0.05) is 30.3 Å². The monoisotopic (exact) mass is 358 g/mol. The summed E-state index contributed by atoms with van der Waals surface area (Å²) in [6.07, 6.45) is 1.67. The van der Waals surface area contributed by atoms with E-state index in [4.69, 9.17) is 4.74 Å². The van der Waals surface area contributed by atoms with Gasteiger partial charge in [-0.05, 0) is 43.0 Å². The number of carbonyl (C=O) groups is 1. The van der Waals surface area contributed by atoms with Crippen molar-refractivity contribution < 1.29 is 9.53 Å². The van der Waals surface area contributed by atoms with Gasteiger partial charge in [-0.15, -0.1) is 0 Å². The second kappa shape index (κ2) is 9.70. The summed E-state index contributed by atoms with van der Waals surface area (Å²) in [6, 6.07) is 1.76. The molecule has 21 heavy (non-hydrogen) atoms. The van der Waals surface area contributed by atoms with Gasteiger partial charge < -0.3 is 20.3 Å². The number of ether oxygens (including phenoxy) is 1. The highest BCUT2D eigenvalue weighted by molar-refractivity contribution is 9.10. The molecule has 6 nitrogen and oxygen atoms in total. The molecule has 7 heteroatoms. The maximum Gasteiger partial charge on any atom is 0.255 e. The first-order chi connectivity index (χ1) is 10.0. The normalized spacial score (nSPS) is 10.7. The minimum Gasteiger partial charge on any atom is -0.378 e. The molecule has 1 aromatic rings. The lowest BCUT2D eigenvalue weighted by molar-refractivity contribution is 0.0900. The molecule has 0 radical (unpaired) electrons. The van der Waals surface area contributed by atoms with Gasteiger partial charge in [-0.1, -0.05) is 0 Å². The summed E-state index contributed by atoms with van der Waals surface area (Å²) < 4.78 is 6.21. The van der Waals surface area contributed by atoms with Crippen molar-refractivity contribution in [2.45, 2.75) is 6.92 Å². The quantitative estimate of drug-likeness (QED) is 0.656. The number of rotatable bonds is 9. The van der Waals surface area contributed by atoms with Gasteiger partial charge >= 0.3 is 0 Å². The number of pyridine rings is 1. The van der Waals surface area contributed by atoms with E-state index in [-0.39, 0.29) is 5.91 Å². The van der Waals surface area contributed by atoms with Gasteiger partial charge in [0.2, 0.25) is 0 Å². The zero-order chi connectivity index (χ0) is 15.7. The molecule has 0 aromatic carbocycles. The maximum absolute atomic E-state index is 12.2. The van der Waals surface area contributed by atoms with Crippen LogP contribution < -0.4 is 10.6 Å². The Hall–Kier alpha value is -1.18. The summed E-state index contributed by atoms with van der Waals surface area (Å²) in [4.78, 5) is 18.4. The van der Waals surface area contributed by atoms with Crippen molar-refractivity contribution in [3.8, 4) is 0 Å². The molecule has 0 aliphatic carbocycles. The number of likely N-dealkylation sites (N-methyl/N-ethyl adjacent to an activating group) is 1. The van der Waals surface area contributed by atoms with E-state index in [9.17, 15) is 4.79 Å². The Kier molecular flexibility index (Phi) is 8.26. The van der Waals surface area contributed by atoms with Crippen LogP contribution in [-0.4, -0.2) is 62.7 Å². The number of hydrogen-bond acceptors (Lipinski definition) is 5. The number of nitrogens with one attached hydrogen (secondary N) is 2. The lowest BCUT2D eigenvalue weighted by Gasteiger charge is -2.12. The molecule has 0 atom stereocenters. The highest BCUT2D eigenvalue weighted by atomic mass is 79.9. The van der Waals surface area contributed by atoms with Crippen LogP contribution in [0.25, 0.3) is 0 Å². The number of aromatic nitrogens is 1. The Morgan fingerprint density at radius 1 is 1.43 bits per heavy atom. The minimum absolute atomic E-state index is 0.157. The van der Waals surface area contributed by atoms with Crippen molar-refractivity contribution in [1.29, 1.82) is 0 Å². The van der Waals surface area contributed by atoms with Crippen LogP contribution in [0.2, 0.25) is 0 Å². The number of nitrogens with zero attached hydrogens (tertiary/aromatic N) is 2. The van der Waals surface area contributed by atoms with E-state index in [0.29, 0.717) is 37.7 Å². The molecular formula is C14H23BrN4O2. The zero-order valence-electron chi connectivity index (χ0n) is 12.8. The molecule has 2 N–H and O–H groups in total. The fraction of sp³-hybridized carbons (Fsp3) is 0.571. The number of anilines is 1. The lowest BCUT2D eigenvalue weighted by Crippen LogP contribution is -2.29. The molecule has 1 aromatic heterocycles. The SMILES string of the molecule is CCNc1ncc(Br)cc1C(=O)NCCOCCN(C)C. The third-order valence-electron chi connectivity index (χ3n) is 2.66.